The third-order valence-electron chi connectivity index (χ3n) is 5.23. The molecular formula is C19H29FN4O. The highest BCUT2D eigenvalue weighted by Crippen LogP contribution is 2.25. The third kappa shape index (κ3) is 4.92. The van der Waals surface area contributed by atoms with E-state index in [0.29, 0.717) is 24.8 Å². The van der Waals surface area contributed by atoms with E-state index >= 15 is 0 Å². The van der Waals surface area contributed by atoms with Crippen molar-refractivity contribution in [2.45, 2.75) is 32.4 Å². The Bertz CT molecular complexity index is 597. The van der Waals surface area contributed by atoms with Crippen LogP contribution in [0, 0.1) is 5.82 Å². The summed E-state index contributed by atoms with van der Waals surface area (Å²) in [7, 11) is 1.98. The molecule has 0 radical (unpaired) electrons. The summed E-state index contributed by atoms with van der Waals surface area (Å²) in [5.74, 6) is -0.207. The topological polar surface area (TPSA) is 38.8 Å². The van der Waals surface area contributed by atoms with Crippen LogP contribution in [0.2, 0.25) is 0 Å². The highest BCUT2D eigenvalue weighted by atomic mass is 19.1. The fourth-order valence-corrected chi connectivity index (χ4v) is 3.35. The van der Waals surface area contributed by atoms with Crippen LogP contribution in [-0.4, -0.2) is 68.1 Å². The molecule has 2 fully saturated rings. The Hall–Kier alpha value is -1.66. The van der Waals surface area contributed by atoms with Crippen LogP contribution in [0.15, 0.2) is 18.2 Å². The standard InChI is InChI=1S/C19H29FN4O/c1-3-23-8-10-24(11-9-23)18-7-4-15(12-17(18)20)13-21-19(25)14-22(2)16-5-6-16/h4,7,12,16H,3,5-6,8-11,13-14H2,1-2H3,(H,21,25). The van der Waals surface area contributed by atoms with Crippen LogP contribution < -0.4 is 10.2 Å². The van der Waals surface area contributed by atoms with Gasteiger partial charge >= 0.3 is 0 Å². The first kappa shape index (κ1) is 18.1. The molecule has 1 aliphatic heterocycles. The molecule has 1 heterocycles. The first-order valence-electron chi connectivity index (χ1n) is 9.29. The summed E-state index contributed by atoms with van der Waals surface area (Å²) < 4.78 is 14.5. The molecule has 1 aromatic rings. The van der Waals surface area contributed by atoms with Crippen molar-refractivity contribution in [3.05, 3.63) is 29.6 Å². The Kier molecular flexibility index (Phi) is 5.91. The molecule has 3 rings (SSSR count). The Morgan fingerprint density at radius 2 is 2.00 bits per heavy atom. The van der Waals surface area contributed by atoms with Gasteiger partial charge in [0.25, 0.3) is 0 Å². The molecule has 0 unspecified atom stereocenters. The van der Waals surface area contributed by atoms with Gasteiger partial charge in [-0.25, -0.2) is 4.39 Å². The second-order valence-electron chi connectivity index (χ2n) is 7.13. The van der Waals surface area contributed by atoms with Gasteiger partial charge in [-0.1, -0.05) is 13.0 Å². The maximum atomic E-state index is 14.5. The van der Waals surface area contributed by atoms with Crippen molar-refractivity contribution in [3.63, 3.8) is 0 Å². The minimum Gasteiger partial charge on any atom is -0.367 e. The van der Waals surface area contributed by atoms with Crippen LogP contribution in [0.4, 0.5) is 10.1 Å². The molecule has 2 aliphatic rings. The number of nitrogens with one attached hydrogen (secondary N) is 1. The number of benzene rings is 1. The molecule has 6 heteroatoms. The van der Waals surface area contributed by atoms with E-state index in [1.807, 2.05) is 19.2 Å². The van der Waals surface area contributed by atoms with E-state index < -0.39 is 0 Å². The number of piperazine rings is 1. The van der Waals surface area contributed by atoms with Crippen molar-refractivity contribution in [1.29, 1.82) is 0 Å². The Morgan fingerprint density at radius 1 is 1.28 bits per heavy atom. The van der Waals surface area contributed by atoms with E-state index in [1.54, 1.807) is 6.07 Å². The average Bonchev–Trinajstić information content (AvgIpc) is 3.45. The normalized spacial score (nSPS) is 18.6. The van der Waals surface area contributed by atoms with Crippen molar-refractivity contribution in [1.82, 2.24) is 15.1 Å². The zero-order valence-electron chi connectivity index (χ0n) is 15.3. The zero-order valence-corrected chi connectivity index (χ0v) is 15.3. The second kappa shape index (κ2) is 8.15. The highest BCUT2D eigenvalue weighted by molar-refractivity contribution is 5.78. The molecule has 138 valence electrons. The maximum Gasteiger partial charge on any atom is 0.234 e. The number of amides is 1. The first-order valence-corrected chi connectivity index (χ1v) is 9.29. The minimum atomic E-state index is -0.202. The van der Waals surface area contributed by atoms with Crippen LogP contribution >= 0.6 is 0 Å². The zero-order chi connectivity index (χ0) is 17.8. The van der Waals surface area contributed by atoms with Crippen molar-refractivity contribution in [2.75, 3.05) is 51.2 Å². The van der Waals surface area contributed by atoms with Gasteiger partial charge < -0.3 is 15.1 Å². The van der Waals surface area contributed by atoms with Gasteiger partial charge in [-0.05, 0) is 44.1 Å². The molecule has 1 N–H and O–H groups in total. The van der Waals surface area contributed by atoms with Gasteiger partial charge in [0.15, 0.2) is 0 Å². The van der Waals surface area contributed by atoms with Crippen molar-refractivity contribution in [3.8, 4) is 0 Å². The Balaban J connectivity index is 1.50. The number of nitrogens with zero attached hydrogens (tertiary/aromatic N) is 3. The maximum absolute atomic E-state index is 14.5. The lowest BCUT2D eigenvalue weighted by Crippen LogP contribution is -2.46. The van der Waals surface area contributed by atoms with Gasteiger partial charge in [0, 0.05) is 38.8 Å². The molecular weight excluding hydrogens is 319 g/mol. The fourth-order valence-electron chi connectivity index (χ4n) is 3.35. The molecule has 1 saturated heterocycles. The smallest absolute Gasteiger partial charge is 0.234 e. The monoisotopic (exact) mass is 348 g/mol. The summed E-state index contributed by atoms with van der Waals surface area (Å²) in [5, 5.41) is 2.88. The Morgan fingerprint density at radius 3 is 2.60 bits per heavy atom. The number of anilines is 1. The number of hydrogen-bond acceptors (Lipinski definition) is 4. The van der Waals surface area contributed by atoms with Crippen LogP contribution in [-0.2, 0) is 11.3 Å². The number of carbonyl (C=O) groups is 1. The van der Waals surface area contributed by atoms with Crippen molar-refractivity contribution < 1.29 is 9.18 Å². The minimum absolute atomic E-state index is 0.00503. The lowest BCUT2D eigenvalue weighted by molar-refractivity contribution is -0.122. The Labute approximate surface area is 149 Å². The molecule has 1 aliphatic carbocycles. The summed E-state index contributed by atoms with van der Waals surface area (Å²) in [4.78, 5) is 18.5. The highest BCUT2D eigenvalue weighted by Gasteiger charge is 2.27. The predicted molar refractivity (Wildman–Crippen MR) is 98.2 cm³/mol. The molecule has 1 amide bonds. The number of rotatable bonds is 7. The fraction of sp³-hybridized carbons (Fsp3) is 0.632. The van der Waals surface area contributed by atoms with Crippen LogP contribution in [0.5, 0.6) is 0 Å². The van der Waals surface area contributed by atoms with Gasteiger partial charge in [0.05, 0.1) is 12.2 Å². The van der Waals surface area contributed by atoms with Crippen LogP contribution in [0.25, 0.3) is 0 Å². The predicted octanol–water partition coefficient (Wildman–Crippen LogP) is 1.68. The second-order valence-corrected chi connectivity index (χ2v) is 7.13. The average molecular weight is 348 g/mol. The van der Waals surface area contributed by atoms with Crippen molar-refractivity contribution in [2.24, 2.45) is 0 Å². The molecule has 0 atom stereocenters. The van der Waals surface area contributed by atoms with E-state index in [2.05, 4.69) is 26.9 Å². The van der Waals surface area contributed by atoms with Gasteiger partial charge in [-0.15, -0.1) is 0 Å². The first-order chi connectivity index (χ1) is 12.1. The van der Waals surface area contributed by atoms with Crippen LogP contribution in [0.1, 0.15) is 25.3 Å². The van der Waals surface area contributed by atoms with E-state index in [4.69, 9.17) is 0 Å². The quantitative estimate of drug-likeness (QED) is 0.814. The summed E-state index contributed by atoms with van der Waals surface area (Å²) in [6, 6.07) is 5.87. The van der Waals surface area contributed by atoms with E-state index in [-0.39, 0.29) is 11.7 Å². The molecule has 0 spiro atoms. The summed E-state index contributed by atoms with van der Waals surface area (Å²) in [6.45, 7) is 7.64. The van der Waals surface area contributed by atoms with Gasteiger partial charge in [0.1, 0.15) is 5.82 Å². The van der Waals surface area contributed by atoms with E-state index in [0.717, 1.165) is 38.3 Å². The molecule has 25 heavy (non-hydrogen) atoms. The molecule has 1 saturated carbocycles. The van der Waals surface area contributed by atoms with Gasteiger partial charge in [-0.2, -0.15) is 0 Å². The number of likely N-dealkylation sites (N-methyl/N-ethyl adjacent to an activating group) is 2. The van der Waals surface area contributed by atoms with E-state index in [9.17, 15) is 9.18 Å². The SMILES string of the molecule is CCN1CCN(c2ccc(CNC(=O)CN(C)C3CC3)cc2F)CC1. The third-order valence-corrected chi connectivity index (χ3v) is 5.23. The number of carbonyl (C=O) groups excluding carboxylic acids is 1. The van der Waals surface area contributed by atoms with E-state index in [1.165, 1.54) is 12.8 Å². The lowest BCUT2D eigenvalue weighted by Gasteiger charge is -2.35. The molecule has 0 aromatic heterocycles. The molecule has 1 aromatic carbocycles. The lowest BCUT2D eigenvalue weighted by atomic mass is 10.1. The van der Waals surface area contributed by atoms with Gasteiger partial charge in [0.2, 0.25) is 5.91 Å². The summed E-state index contributed by atoms with van der Waals surface area (Å²) >= 11 is 0. The van der Waals surface area contributed by atoms with Gasteiger partial charge in [-0.3, -0.25) is 9.69 Å². The largest absolute Gasteiger partial charge is 0.367 e. The molecule has 0 bridgehead atoms. The van der Waals surface area contributed by atoms with Crippen LogP contribution in [0.3, 0.4) is 0 Å². The molecule has 5 nitrogen and oxygen atoms in total. The van der Waals surface area contributed by atoms with Crippen molar-refractivity contribution >= 4 is 11.6 Å². The summed E-state index contributed by atoms with van der Waals surface area (Å²) in [6.07, 6.45) is 2.37. The summed E-state index contributed by atoms with van der Waals surface area (Å²) in [5.41, 5.74) is 1.47. The number of hydrogen-bond donors (Lipinski definition) is 1. The number of halogens is 1.